The largest absolute Gasteiger partial charge is 0.308 e. The van der Waals surface area contributed by atoms with Crippen molar-refractivity contribution in [3.8, 4) is 0 Å². The lowest BCUT2D eigenvalue weighted by Gasteiger charge is -2.04. The van der Waals surface area contributed by atoms with Gasteiger partial charge in [0.2, 0.25) is 0 Å². The molecule has 1 N–H and O–H groups in total. The first-order valence-electron chi connectivity index (χ1n) is 4.07. The maximum Gasteiger partial charge on any atom is 0.141 e. The first kappa shape index (κ1) is 11.5. The number of rotatable bonds is 4. The second kappa shape index (κ2) is 5.35. The molecule has 4 heteroatoms. The molecule has 1 nitrogen and oxygen atoms in total. The lowest BCUT2D eigenvalue weighted by molar-refractivity contribution is 0.626. The number of halogens is 3. The van der Waals surface area contributed by atoms with E-state index in [1.165, 1.54) is 6.07 Å². The van der Waals surface area contributed by atoms with Crippen molar-refractivity contribution >= 4 is 23.2 Å². The predicted octanol–water partition coefficient (Wildman–Crippen LogP) is 3.32. The molecule has 14 heavy (non-hydrogen) atoms. The van der Waals surface area contributed by atoms with E-state index in [0.29, 0.717) is 18.1 Å². The molecule has 0 amide bonds. The van der Waals surface area contributed by atoms with Gasteiger partial charge < -0.3 is 5.32 Å². The molecule has 0 aliphatic carbocycles. The van der Waals surface area contributed by atoms with Gasteiger partial charge in [0.25, 0.3) is 0 Å². The summed E-state index contributed by atoms with van der Waals surface area (Å²) in [7, 11) is 0. The van der Waals surface area contributed by atoms with Gasteiger partial charge in [0, 0.05) is 18.1 Å². The van der Waals surface area contributed by atoms with E-state index in [0.717, 1.165) is 5.56 Å². The van der Waals surface area contributed by atoms with Crippen molar-refractivity contribution < 1.29 is 4.39 Å². The third kappa shape index (κ3) is 3.66. The van der Waals surface area contributed by atoms with Crippen LogP contribution in [0.3, 0.4) is 0 Å². The van der Waals surface area contributed by atoms with Crippen molar-refractivity contribution in [2.45, 2.75) is 6.54 Å². The molecule has 0 aromatic heterocycles. The van der Waals surface area contributed by atoms with E-state index >= 15 is 0 Å². The summed E-state index contributed by atoms with van der Waals surface area (Å²) < 4.78 is 12.8. The summed E-state index contributed by atoms with van der Waals surface area (Å²) in [5, 5.41) is 3.71. The Morgan fingerprint density at radius 1 is 1.50 bits per heavy atom. The molecular formula is C10H10Cl2FN. The number of hydrogen-bond acceptors (Lipinski definition) is 1. The molecule has 0 unspecified atom stereocenters. The average Bonchev–Trinajstić information content (AvgIpc) is 2.10. The number of hydrogen-bond donors (Lipinski definition) is 1. The Hall–Kier alpha value is -0.570. The molecule has 1 aromatic carbocycles. The maximum absolute atomic E-state index is 12.8. The second-order valence-electron chi connectivity index (χ2n) is 2.87. The van der Waals surface area contributed by atoms with Crippen molar-refractivity contribution in [3.05, 3.63) is 46.2 Å². The summed E-state index contributed by atoms with van der Waals surface area (Å²) in [6.45, 7) is 4.65. The number of nitrogens with one attached hydrogen (secondary N) is 1. The molecule has 0 atom stereocenters. The number of benzene rings is 1. The summed E-state index contributed by atoms with van der Waals surface area (Å²) in [5.74, 6) is -0.405. The maximum atomic E-state index is 12.8. The topological polar surface area (TPSA) is 12.0 Å². The molecule has 0 saturated heterocycles. The summed E-state index contributed by atoms with van der Waals surface area (Å²) in [6.07, 6.45) is 0. The van der Waals surface area contributed by atoms with Crippen LogP contribution in [0.2, 0.25) is 5.02 Å². The van der Waals surface area contributed by atoms with Gasteiger partial charge >= 0.3 is 0 Å². The normalized spacial score (nSPS) is 10.2. The molecule has 1 rings (SSSR count). The second-order valence-corrected chi connectivity index (χ2v) is 3.81. The summed E-state index contributed by atoms with van der Waals surface area (Å²) >= 11 is 11.2. The third-order valence-electron chi connectivity index (χ3n) is 1.63. The van der Waals surface area contributed by atoms with Crippen LogP contribution in [0.25, 0.3) is 0 Å². The molecule has 0 bridgehead atoms. The van der Waals surface area contributed by atoms with Crippen molar-refractivity contribution in [1.29, 1.82) is 0 Å². The SMILES string of the molecule is C=C(Cl)CNCc1ccc(F)c(Cl)c1. The van der Waals surface area contributed by atoms with E-state index in [2.05, 4.69) is 11.9 Å². The Bertz CT molecular complexity index is 339. The standard InChI is InChI=1S/C10H10Cl2FN/c1-7(11)5-14-6-8-2-3-10(13)9(12)4-8/h2-4,14H,1,5-6H2. The fourth-order valence-corrected chi connectivity index (χ4v) is 1.29. The minimum absolute atomic E-state index is 0.133. The predicted molar refractivity (Wildman–Crippen MR) is 58.1 cm³/mol. The van der Waals surface area contributed by atoms with Crippen molar-refractivity contribution in [2.24, 2.45) is 0 Å². The highest BCUT2D eigenvalue weighted by Gasteiger charge is 2.00. The highest BCUT2D eigenvalue weighted by atomic mass is 35.5. The molecule has 0 aliphatic rings. The Kier molecular flexibility index (Phi) is 4.39. The van der Waals surface area contributed by atoms with Crippen LogP contribution >= 0.6 is 23.2 Å². The average molecular weight is 234 g/mol. The lowest BCUT2D eigenvalue weighted by Crippen LogP contribution is -2.14. The lowest BCUT2D eigenvalue weighted by atomic mass is 10.2. The van der Waals surface area contributed by atoms with Gasteiger partial charge in [-0.1, -0.05) is 35.8 Å². The molecule has 0 fully saturated rings. The smallest absolute Gasteiger partial charge is 0.141 e. The van der Waals surface area contributed by atoms with E-state index in [9.17, 15) is 4.39 Å². The van der Waals surface area contributed by atoms with Crippen LogP contribution in [0.1, 0.15) is 5.56 Å². The van der Waals surface area contributed by atoms with Crippen molar-refractivity contribution in [2.75, 3.05) is 6.54 Å². The minimum atomic E-state index is -0.405. The van der Waals surface area contributed by atoms with E-state index in [1.807, 2.05) is 0 Å². The Labute approximate surface area is 92.5 Å². The summed E-state index contributed by atoms with van der Waals surface area (Å²) in [5.41, 5.74) is 0.911. The van der Waals surface area contributed by atoms with Crippen molar-refractivity contribution in [3.63, 3.8) is 0 Å². The summed E-state index contributed by atoms with van der Waals surface area (Å²) in [4.78, 5) is 0. The third-order valence-corrected chi connectivity index (χ3v) is 2.05. The minimum Gasteiger partial charge on any atom is -0.308 e. The molecule has 0 heterocycles. The highest BCUT2D eigenvalue weighted by molar-refractivity contribution is 6.30. The molecule has 1 aromatic rings. The zero-order chi connectivity index (χ0) is 10.6. The van der Waals surface area contributed by atoms with E-state index < -0.39 is 5.82 Å². The molecule has 0 saturated carbocycles. The van der Waals surface area contributed by atoms with Gasteiger partial charge in [-0.25, -0.2) is 4.39 Å². The first-order chi connectivity index (χ1) is 6.59. The van der Waals surface area contributed by atoms with Crippen LogP contribution in [0.15, 0.2) is 29.8 Å². The van der Waals surface area contributed by atoms with Gasteiger partial charge in [0.1, 0.15) is 5.82 Å². The van der Waals surface area contributed by atoms with Gasteiger partial charge in [-0.2, -0.15) is 0 Å². The van der Waals surface area contributed by atoms with Crippen LogP contribution in [0.4, 0.5) is 4.39 Å². The van der Waals surface area contributed by atoms with E-state index in [-0.39, 0.29) is 5.02 Å². The Morgan fingerprint density at radius 3 is 2.79 bits per heavy atom. The van der Waals surface area contributed by atoms with Crippen LogP contribution in [-0.2, 0) is 6.54 Å². The van der Waals surface area contributed by atoms with Gasteiger partial charge in [-0.3, -0.25) is 0 Å². The molecular weight excluding hydrogens is 224 g/mol. The summed E-state index contributed by atoms with van der Waals surface area (Å²) in [6, 6.07) is 4.60. The monoisotopic (exact) mass is 233 g/mol. The van der Waals surface area contributed by atoms with Crippen molar-refractivity contribution in [1.82, 2.24) is 5.32 Å². The zero-order valence-corrected chi connectivity index (χ0v) is 9.00. The molecule has 0 aliphatic heterocycles. The Balaban J connectivity index is 2.51. The van der Waals surface area contributed by atoms with Gasteiger partial charge in [0.15, 0.2) is 0 Å². The fourth-order valence-electron chi connectivity index (χ4n) is 0.992. The van der Waals surface area contributed by atoms with Crippen LogP contribution < -0.4 is 5.32 Å². The van der Waals surface area contributed by atoms with Gasteiger partial charge in [0.05, 0.1) is 5.02 Å². The van der Waals surface area contributed by atoms with E-state index in [1.54, 1.807) is 12.1 Å². The first-order valence-corrected chi connectivity index (χ1v) is 4.83. The van der Waals surface area contributed by atoms with Crippen LogP contribution in [-0.4, -0.2) is 6.54 Å². The van der Waals surface area contributed by atoms with Crippen LogP contribution in [0.5, 0.6) is 0 Å². The molecule has 0 spiro atoms. The van der Waals surface area contributed by atoms with Gasteiger partial charge in [-0.05, 0) is 17.7 Å². The Morgan fingerprint density at radius 2 is 2.21 bits per heavy atom. The van der Waals surface area contributed by atoms with Gasteiger partial charge in [-0.15, -0.1) is 0 Å². The highest BCUT2D eigenvalue weighted by Crippen LogP contribution is 2.15. The molecule has 76 valence electrons. The molecule has 0 radical (unpaired) electrons. The van der Waals surface area contributed by atoms with Crippen LogP contribution in [0, 0.1) is 5.82 Å². The fraction of sp³-hybridized carbons (Fsp3) is 0.200. The zero-order valence-electron chi connectivity index (χ0n) is 7.49. The van der Waals surface area contributed by atoms with E-state index in [4.69, 9.17) is 23.2 Å². The quantitative estimate of drug-likeness (QED) is 0.842.